The van der Waals surface area contributed by atoms with Crippen molar-refractivity contribution in [1.82, 2.24) is 5.43 Å². The van der Waals surface area contributed by atoms with Gasteiger partial charge in [-0.25, -0.2) is 5.43 Å². The molecule has 11 heteroatoms. The van der Waals surface area contributed by atoms with Gasteiger partial charge >= 0.3 is 11.8 Å². The summed E-state index contributed by atoms with van der Waals surface area (Å²) in [5, 5.41) is 8.79. The number of alkyl halides is 1. The Morgan fingerprint density at radius 3 is 2.61 bits per heavy atom. The highest BCUT2D eigenvalue weighted by Crippen LogP contribution is 2.34. The Bertz CT molecular complexity index is 1280. The lowest BCUT2D eigenvalue weighted by atomic mass is 9.80. The summed E-state index contributed by atoms with van der Waals surface area (Å²) in [6.07, 6.45) is 4.23. The molecule has 0 saturated heterocycles. The fourth-order valence-corrected chi connectivity index (χ4v) is 4.56. The van der Waals surface area contributed by atoms with Crippen LogP contribution in [0.4, 0.5) is 11.4 Å². The lowest BCUT2D eigenvalue weighted by Crippen LogP contribution is -2.40. The Kier molecular flexibility index (Phi) is 8.75. The SMILES string of the molecule is CCOc1ccc(NC(=O)c2ccccc2NC(=O)C(=O)N/N=C/C2=COC3CCC(Cl)CC3C2=O)cc1. The number of nitrogens with zero attached hydrogens (tertiary/aromatic N) is 1. The van der Waals surface area contributed by atoms with Crippen molar-refractivity contribution >= 4 is 52.7 Å². The van der Waals surface area contributed by atoms with Crippen LogP contribution in [0.3, 0.4) is 0 Å². The third-order valence-corrected chi connectivity index (χ3v) is 6.53. The fourth-order valence-electron chi connectivity index (χ4n) is 4.24. The number of hydrazone groups is 1. The van der Waals surface area contributed by atoms with Gasteiger partial charge in [-0.2, -0.15) is 5.10 Å². The zero-order chi connectivity index (χ0) is 27.1. The molecule has 10 nitrogen and oxygen atoms in total. The molecule has 2 aromatic carbocycles. The molecule has 3 atom stereocenters. The van der Waals surface area contributed by atoms with Crippen LogP contribution in [0.1, 0.15) is 36.5 Å². The van der Waals surface area contributed by atoms with Crippen molar-refractivity contribution in [1.29, 1.82) is 0 Å². The second-order valence-electron chi connectivity index (χ2n) is 8.74. The van der Waals surface area contributed by atoms with Crippen molar-refractivity contribution in [3.8, 4) is 5.75 Å². The minimum absolute atomic E-state index is 0.0885. The Labute approximate surface area is 224 Å². The summed E-state index contributed by atoms with van der Waals surface area (Å²) in [5.41, 5.74) is 3.08. The van der Waals surface area contributed by atoms with Crippen LogP contribution in [0.2, 0.25) is 0 Å². The lowest BCUT2D eigenvalue weighted by Gasteiger charge is -2.35. The van der Waals surface area contributed by atoms with E-state index < -0.39 is 17.7 Å². The van der Waals surface area contributed by atoms with E-state index in [0.29, 0.717) is 30.9 Å². The molecule has 198 valence electrons. The van der Waals surface area contributed by atoms with E-state index in [9.17, 15) is 19.2 Å². The minimum Gasteiger partial charge on any atom is -0.496 e. The Morgan fingerprint density at radius 2 is 1.84 bits per heavy atom. The number of ether oxygens (including phenoxy) is 2. The highest BCUT2D eigenvalue weighted by Gasteiger charge is 2.39. The lowest BCUT2D eigenvalue weighted by molar-refractivity contribution is -0.136. The van der Waals surface area contributed by atoms with Crippen molar-refractivity contribution in [2.45, 2.75) is 37.7 Å². The number of hydrogen-bond donors (Lipinski definition) is 3. The van der Waals surface area contributed by atoms with Crippen molar-refractivity contribution in [2.24, 2.45) is 11.0 Å². The highest BCUT2D eigenvalue weighted by atomic mass is 35.5. The molecule has 0 spiro atoms. The number of nitrogens with one attached hydrogen (secondary N) is 3. The van der Waals surface area contributed by atoms with Gasteiger partial charge in [-0.15, -0.1) is 11.6 Å². The first-order valence-electron chi connectivity index (χ1n) is 12.2. The quantitative estimate of drug-likeness (QED) is 0.213. The van der Waals surface area contributed by atoms with Crippen LogP contribution in [-0.4, -0.2) is 47.8 Å². The number of carbonyl (C=O) groups excluding carboxylic acids is 4. The summed E-state index contributed by atoms with van der Waals surface area (Å²) in [4.78, 5) is 50.3. The average Bonchev–Trinajstić information content (AvgIpc) is 2.91. The first kappa shape index (κ1) is 26.9. The van der Waals surface area contributed by atoms with E-state index in [1.165, 1.54) is 18.4 Å². The maximum atomic E-state index is 12.8. The third kappa shape index (κ3) is 6.57. The topological polar surface area (TPSA) is 135 Å². The van der Waals surface area contributed by atoms with Gasteiger partial charge in [-0.1, -0.05) is 12.1 Å². The van der Waals surface area contributed by atoms with Gasteiger partial charge in [0.25, 0.3) is 5.91 Å². The molecule has 1 saturated carbocycles. The van der Waals surface area contributed by atoms with Crippen molar-refractivity contribution in [3.05, 3.63) is 65.9 Å². The van der Waals surface area contributed by atoms with Gasteiger partial charge in [0, 0.05) is 11.1 Å². The molecule has 3 unspecified atom stereocenters. The van der Waals surface area contributed by atoms with Crippen molar-refractivity contribution < 1.29 is 28.7 Å². The number of allylic oxidation sites excluding steroid dienone is 1. The second kappa shape index (κ2) is 12.4. The van der Waals surface area contributed by atoms with Gasteiger partial charge < -0.3 is 20.1 Å². The largest absolute Gasteiger partial charge is 0.496 e. The maximum absolute atomic E-state index is 12.8. The molecular weight excluding hydrogens is 512 g/mol. The minimum atomic E-state index is -1.08. The first-order valence-corrected chi connectivity index (χ1v) is 12.6. The van der Waals surface area contributed by atoms with E-state index in [1.54, 1.807) is 36.4 Å². The number of fused-ring (bicyclic) bond motifs is 1. The Hall–Kier alpha value is -4.18. The zero-order valence-electron chi connectivity index (χ0n) is 20.6. The number of anilines is 2. The van der Waals surface area contributed by atoms with Gasteiger partial charge in [-0.3, -0.25) is 19.2 Å². The van der Waals surface area contributed by atoms with Gasteiger partial charge in [-0.05, 0) is 62.6 Å². The molecule has 1 aliphatic carbocycles. The summed E-state index contributed by atoms with van der Waals surface area (Å²) in [7, 11) is 0. The summed E-state index contributed by atoms with van der Waals surface area (Å²) in [6, 6.07) is 13.1. The van der Waals surface area contributed by atoms with E-state index in [0.717, 1.165) is 12.6 Å². The summed E-state index contributed by atoms with van der Waals surface area (Å²) in [6.45, 7) is 2.40. The van der Waals surface area contributed by atoms with Gasteiger partial charge in [0.1, 0.15) is 11.9 Å². The van der Waals surface area contributed by atoms with Crippen LogP contribution in [0, 0.1) is 5.92 Å². The Morgan fingerprint density at radius 1 is 1.08 bits per heavy atom. The number of carbonyl (C=O) groups is 4. The molecule has 2 aliphatic rings. The molecular formula is C27H27ClN4O6. The highest BCUT2D eigenvalue weighted by molar-refractivity contribution is 6.40. The molecule has 2 aromatic rings. The van der Waals surface area contributed by atoms with Crippen LogP contribution < -0.4 is 20.8 Å². The van der Waals surface area contributed by atoms with Crippen molar-refractivity contribution in [3.63, 3.8) is 0 Å². The molecule has 3 N–H and O–H groups in total. The zero-order valence-corrected chi connectivity index (χ0v) is 21.4. The Balaban J connectivity index is 1.34. The number of ketones is 1. The number of hydrogen-bond acceptors (Lipinski definition) is 7. The van der Waals surface area contributed by atoms with E-state index in [-0.39, 0.29) is 40.0 Å². The average molecular weight is 539 g/mol. The molecule has 3 amide bonds. The number of Topliss-reactive ketones (excluding diaryl/α,β-unsaturated/α-hetero) is 1. The number of benzene rings is 2. The van der Waals surface area contributed by atoms with E-state index in [4.69, 9.17) is 21.1 Å². The van der Waals surface area contributed by atoms with E-state index in [1.807, 2.05) is 6.92 Å². The van der Waals surface area contributed by atoms with Gasteiger partial charge in [0.2, 0.25) is 0 Å². The maximum Gasteiger partial charge on any atom is 0.329 e. The molecule has 38 heavy (non-hydrogen) atoms. The van der Waals surface area contributed by atoms with Crippen LogP contribution in [0.15, 0.2) is 65.5 Å². The number of halogens is 1. The monoisotopic (exact) mass is 538 g/mol. The van der Waals surface area contributed by atoms with Gasteiger partial charge in [0.15, 0.2) is 5.78 Å². The van der Waals surface area contributed by atoms with Crippen LogP contribution in [-0.2, 0) is 19.1 Å². The number of rotatable bonds is 7. The molecule has 1 heterocycles. The molecule has 0 bridgehead atoms. The first-order chi connectivity index (χ1) is 18.4. The molecule has 1 fully saturated rings. The molecule has 0 radical (unpaired) electrons. The van der Waals surface area contributed by atoms with Crippen LogP contribution >= 0.6 is 11.6 Å². The predicted molar refractivity (Wildman–Crippen MR) is 142 cm³/mol. The summed E-state index contributed by atoms with van der Waals surface area (Å²) >= 11 is 6.19. The van der Waals surface area contributed by atoms with Gasteiger partial charge in [0.05, 0.1) is 41.8 Å². The summed E-state index contributed by atoms with van der Waals surface area (Å²) in [5.74, 6) is -2.45. The van der Waals surface area contributed by atoms with E-state index in [2.05, 4.69) is 21.2 Å². The third-order valence-electron chi connectivity index (χ3n) is 6.13. The smallest absolute Gasteiger partial charge is 0.329 e. The molecule has 4 rings (SSSR count). The predicted octanol–water partition coefficient (Wildman–Crippen LogP) is 3.64. The molecule has 0 aromatic heterocycles. The standard InChI is InChI=1S/C27H27ClN4O6/c1-2-37-19-10-8-18(9-11-19)30-25(34)20-5-3-4-6-22(20)31-26(35)27(36)32-29-14-16-15-38-23-12-7-17(28)13-21(23)24(16)33/h3-6,8-11,14-15,17,21,23H,2,7,12-13H2,1H3,(H,30,34)(H,31,35)(H,32,36)/b29-14+. The summed E-state index contributed by atoms with van der Waals surface area (Å²) < 4.78 is 11.0. The molecule has 1 aliphatic heterocycles. The number of para-hydroxylation sites is 1. The second-order valence-corrected chi connectivity index (χ2v) is 9.36. The number of amides is 3. The van der Waals surface area contributed by atoms with Crippen LogP contribution in [0.25, 0.3) is 0 Å². The van der Waals surface area contributed by atoms with Crippen molar-refractivity contribution in [2.75, 3.05) is 17.2 Å². The van der Waals surface area contributed by atoms with E-state index >= 15 is 0 Å². The fraction of sp³-hybridized carbons (Fsp3) is 0.296. The normalized spacial score (nSPS) is 20.5. The van der Waals surface area contributed by atoms with Crippen LogP contribution in [0.5, 0.6) is 5.75 Å².